The lowest BCUT2D eigenvalue weighted by atomic mass is 9.93. The zero-order chi connectivity index (χ0) is 21.5. The second kappa shape index (κ2) is 7.72. The summed E-state index contributed by atoms with van der Waals surface area (Å²) in [6, 6.07) is 10.1. The molecule has 32 heavy (non-hydrogen) atoms. The van der Waals surface area contributed by atoms with Crippen LogP contribution in [0.25, 0.3) is 16.7 Å². The maximum absolute atomic E-state index is 5.68. The van der Waals surface area contributed by atoms with Crippen molar-refractivity contribution in [2.45, 2.75) is 12.1 Å². The molecule has 0 spiro atoms. The van der Waals surface area contributed by atoms with E-state index in [0.29, 0.717) is 5.58 Å². The highest BCUT2D eigenvalue weighted by molar-refractivity contribution is 6.38. The van der Waals surface area contributed by atoms with Crippen LogP contribution in [0.1, 0.15) is 11.1 Å². The lowest BCUT2D eigenvalue weighted by molar-refractivity contribution is 0.122. The van der Waals surface area contributed by atoms with E-state index in [0.717, 1.165) is 60.0 Å². The molecule has 3 aromatic rings. The molecular formula is C24H22N6O2. The zero-order valence-corrected chi connectivity index (χ0v) is 17.4. The van der Waals surface area contributed by atoms with Gasteiger partial charge in [0.2, 0.25) is 0 Å². The number of allylic oxidation sites excluding steroid dienone is 2. The fourth-order valence-corrected chi connectivity index (χ4v) is 4.24. The van der Waals surface area contributed by atoms with Crippen molar-refractivity contribution in [2.24, 2.45) is 9.98 Å². The molecule has 2 N–H and O–H groups in total. The molecule has 2 aromatic heterocycles. The van der Waals surface area contributed by atoms with Crippen molar-refractivity contribution in [1.82, 2.24) is 9.97 Å². The first-order chi connectivity index (χ1) is 15.7. The average molecular weight is 426 g/mol. The van der Waals surface area contributed by atoms with Crippen LogP contribution in [0.2, 0.25) is 0 Å². The Kier molecular flexibility index (Phi) is 4.57. The Bertz CT molecular complexity index is 1280. The normalized spacial score (nSPS) is 22.6. The molecule has 4 heterocycles. The van der Waals surface area contributed by atoms with E-state index in [9.17, 15) is 0 Å². The van der Waals surface area contributed by atoms with Gasteiger partial charge in [-0.1, -0.05) is 18.2 Å². The van der Waals surface area contributed by atoms with Gasteiger partial charge >= 0.3 is 0 Å². The van der Waals surface area contributed by atoms with Crippen molar-refractivity contribution in [1.29, 1.82) is 0 Å². The van der Waals surface area contributed by atoms with E-state index in [1.165, 1.54) is 0 Å². The van der Waals surface area contributed by atoms with Gasteiger partial charge in [-0.2, -0.15) is 4.98 Å². The third-order valence-corrected chi connectivity index (χ3v) is 5.95. The summed E-state index contributed by atoms with van der Waals surface area (Å²) in [5.41, 5.74) is 11.0. The lowest BCUT2D eigenvalue weighted by Crippen LogP contribution is -2.36. The molecule has 8 nitrogen and oxygen atoms in total. The van der Waals surface area contributed by atoms with Gasteiger partial charge in [-0.25, -0.2) is 4.98 Å². The Morgan fingerprint density at radius 1 is 1.03 bits per heavy atom. The Labute approximate surface area is 184 Å². The second-order valence-corrected chi connectivity index (χ2v) is 7.99. The smallest absolute Gasteiger partial charge is 0.292 e. The van der Waals surface area contributed by atoms with E-state index in [-0.39, 0.29) is 18.1 Å². The minimum atomic E-state index is -0.0630. The SMILES string of the molecule is Nc1nc2cc(C3=CC4N=C(c5ccc(N6CCOCC6)nc5)C=NC4C=C3)ccc2o1. The maximum atomic E-state index is 5.68. The molecular weight excluding hydrogens is 404 g/mol. The average Bonchev–Trinajstić information content (AvgIpc) is 3.23. The molecule has 0 amide bonds. The first-order valence-electron chi connectivity index (χ1n) is 10.7. The molecule has 8 heteroatoms. The maximum Gasteiger partial charge on any atom is 0.292 e. The van der Waals surface area contributed by atoms with E-state index in [1.807, 2.05) is 36.7 Å². The summed E-state index contributed by atoms with van der Waals surface area (Å²) in [4.78, 5) is 20.8. The van der Waals surface area contributed by atoms with Gasteiger partial charge in [0, 0.05) is 31.1 Å². The topological polar surface area (TPSA) is 102 Å². The molecule has 0 saturated carbocycles. The third kappa shape index (κ3) is 3.48. The fourth-order valence-electron chi connectivity index (χ4n) is 4.24. The van der Waals surface area contributed by atoms with Gasteiger partial charge in [-0.3, -0.25) is 9.98 Å². The van der Waals surface area contributed by atoms with Gasteiger partial charge in [0.05, 0.1) is 31.0 Å². The number of aromatic nitrogens is 2. The first kappa shape index (κ1) is 18.9. The number of hydrogen-bond donors (Lipinski definition) is 1. The van der Waals surface area contributed by atoms with Gasteiger partial charge < -0.3 is 19.8 Å². The number of rotatable bonds is 3. The summed E-state index contributed by atoms with van der Waals surface area (Å²) in [6.07, 6.45) is 10.1. The molecule has 1 aliphatic carbocycles. The summed E-state index contributed by atoms with van der Waals surface area (Å²) in [5, 5.41) is 0. The van der Waals surface area contributed by atoms with Crippen LogP contribution in [0.5, 0.6) is 0 Å². The van der Waals surface area contributed by atoms with E-state index < -0.39 is 0 Å². The van der Waals surface area contributed by atoms with Crippen LogP contribution in [-0.4, -0.2) is 60.3 Å². The summed E-state index contributed by atoms with van der Waals surface area (Å²) in [7, 11) is 0. The number of nitrogen functional groups attached to an aromatic ring is 1. The number of hydrogen-bond acceptors (Lipinski definition) is 8. The Balaban J connectivity index is 1.26. The number of fused-ring (bicyclic) bond motifs is 2. The van der Waals surface area contributed by atoms with Crippen LogP contribution in [0.4, 0.5) is 11.8 Å². The van der Waals surface area contributed by atoms with Crippen molar-refractivity contribution in [3.63, 3.8) is 0 Å². The predicted molar refractivity (Wildman–Crippen MR) is 125 cm³/mol. The second-order valence-electron chi connectivity index (χ2n) is 7.99. The van der Waals surface area contributed by atoms with Crippen LogP contribution >= 0.6 is 0 Å². The highest BCUT2D eigenvalue weighted by Crippen LogP contribution is 2.29. The number of nitrogens with zero attached hydrogens (tertiary/aromatic N) is 5. The van der Waals surface area contributed by atoms with Crippen LogP contribution in [0.3, 0.4) is 0 Å². The molecule has 2 unspecified atom stereocenters. The van der Waals surface area contributed by atoms with Crippen LogP contribution in [-0.2, 0) is 4.74 Å². The molecule has 1 saturated heterocycles. The molecule has 1 aromatic carbocycles. The fraction of sp³-hybridized carbons (Fsp3) is 0.250. The Hall–Kier alpha value is -3.78. The van der Waals surface area contributed by atoms with Gasteiger partial charge in [0.25, 0.3) is 6.01 Å². The standard InChI is InChI=1S/C24H22N6O2/c25-24-29-20-12-16(2-5-22(20)32-24)15-1-4-18-19(11-15)28-21(14-26-18)17-3-6-23(27-13-17)30-7-9-31-10-8-30/h1-6,11-14,18-19H,7-10H2,(H2,25,29). The number of anilines is 2. The molecule has 6 rings (SSSR count). The summed E-state index contributed by atoms with van der Waals surface area (Å²) in [6.45, 7) is 3.21. The third-order valence-electron chi connectivity index (χ3n) is 5.95. The first-order valence-corrected chi connectivity index (χ1v) is 10.7. The number of ether oxygens (including phenoxy) is 1. The van der Waals surface area contributed by atoms with Gasteiger partial charge in [-0.05, 0) is 41.5 Å². The predicted octanol–water partition coefficient (Wildman–Crippen LogP) is 2.91. The van der Waals surface area contributed by atoms with Crippen LogP contribution in [0, 0.1) is 0 Å². The van der Waals surface area contributed by atoms with Crippen molar-refractivity contribution >= 4 is 40.4 Å². The van der Waals surface area contributed by atoms with E-state index in [1.54, 1.807) is 0 Å². The molecule has 0 bridgehead atoms. The van der Waals surface area contributed by atoms with Gasteiger partial charge in [0.15, 0.2) is 5.58 Å². The number of pyridine rings is 1. The summed E-state index contributed by atoms with van der Waals surface area (Å²) < 4.78 is 10.8. The van der Waals surface area contributed by atoms with Gasteiger partial charge in [-0.15, -0.1) is 0 Å². The molecule has 1 fully saturated rings. The minimum absolute atomic E-state index is 0.00880. The highest BCUT2D eigenvalue weighted by atomic mass is 16.5. The minimum Gasteiger partial charge on any atom is -0.424 e. The lowest BCUT2D eigenvalue weighted by Gasteiger charge is -2.28. The van der Waals surface area contributed by atoms with Gasteiger partial charge in [0.1, 0.15) is 11.3 Å². The number of oxazole rings is 1. The molecule has 0 radical (unpaired) electrons. The van der Waals surface area contributed by atoms with E-state index in [2.05, 4.69) is 39.2 Å². The number of morpholine rings is 1. The van der Waals surface area contributed by atoms with E-state index in [4.69, 9.17) is 24.9 Å². The molecule has 2 aliphatic heterocycles. The molecule has 2 atom stereocenters. The van der Waals surface area contributed by atoms with Crippen LogP contribution in [0.15, 0.2) is 69.2 Å². The zero-order valence-electron chi connectivity index (χ0n) is 17.4. The summed E-state index contributed by atoms with van der Waals surface area (Å²) >= 11 is 0. The number of nitrogens with two attached hydrogens (primary N) is 1. The largest absolute Gasteiger partial charge is 0.424 e. The monoisotopic (exact) mass is 426 g/mol. The molecule has 160 valence electrons. The summed E-state index contributed by atoms with van der Waals surface area (Å²) in [5.74, 6) is 0.968. The van der Waals surface area contributed by atoms with Crippen molar-refractivity contribution in [3.05, 3.63) is 65.9 Å². The Morgan fingerprint density at radius 2 is 1.91 bits per heavy atom. The van der Waals surface area contributed by atoms with Crippen molar-refractivity contribution in [3.8, 4) is 0 Å². The molecule has 3 aliphatic rings. The van der Waals surface area contributed by atoms with E-state index >= 15 is 0 Å². The number of benzene rings is 1. The Morgan fingerprint density at radius 3 is 2.75 bits per heavy atom. The van der Waals surface area contributed by atoms with Crippen LogP contribution < -0.4 is 10.6 Å². The quantitative estimate of drug-likeness (QED) is 0.691. The van der Waals surface area contributed by atoms with Crippen molar-refractivity contribution in [2.75, 3.05) is 36.9 Å². The highest BCUT2D eigenvalue weighted by Gasteiger charge is 2.24. The van der Waals surface area contributed by atoms with Crippen molar-refractivity contribution < 1.29 is 9.15 Å². The number of aliphatic imine (C=N–C) groups is 2.